The van der Waals surface area contributed by atoms with Gasteiger partial charge in [-0.05, 0) is 6.07 Å². The summed E-state index contributed by atoms with van der Waals surface area (Å²) in [5.41, 5.74) is 2.15. The van der Waals surface area contributed by atoms with Crippen molar-refractivity contribution in [1.82, 2.24) is 9.97 Å². The maximum atomic E-state index is 10.6. The molecule has 2 aromatic rings. The van der Waals surface area contributed by atoms with Gasteiger partial charge in [-0.2, -0.15) is 0 Å². The molecular weight excluding hydrogens is 265 g/mol. The molecule has 7 heteroatoms. The van der Waals surface area contributed by atoms with Crippen LogP contribution in [0.25, 0.3) is 11.0 Å². The Morgan fingerprint density at radius 1 is 1.12 bits per heavy atom. The summed E-state index contributed by atoms with van der Waals surface area (Å²) in [5.74, 6) is 0.385. The van der Waals surface area contributed by atoms with Crippen LogP contribution in [0.2, 0.25) is 0 Å². The molecule has 0 bridgehead atoms. The van der Waals surface area contributed by atoms with E-state index in [1.807, 2.05) is 0 Å². The lowest BCUT2D eigenvalue weighted by molar-refractivity contribution is -0.384. The molecule has 88 valence electrons. The van der Waals surface area contributed by atoms with Gasteiger partial charge in [0.05, 0.1) is 39.1 Å². The lowest BCUT2D eigenvalue weighted by atomic mass is 10.2. The Bertz CT molecular complexity index is 589. The van der Waals surface area contributed by atoms with Crippen LogP contribution in [0.15, 0.2) is 18.2 Å². The number of nitro benzene ring substituents is 1. The Morgan fingerprint density at radius 2 is 1.71 bits per heavy atom. The number of rotatable bonds is 3. The Kier molecular flexibility index (Phi) is 3.40. The third-order valence-electron chi connectivity index (χ3n) is 2.27. The van der Waals surface area contributed by atoms with Crippen molar-refractivity contribution >= 4 is 39.9 Å². The van der Waals surface area contributed by atoms with Gasteiger partial charge in [-0.1, -0.05) is 0 Å². The summed E-state index contributed by atoms with van der Waals surface area (Å²) < 4.78 is 0. The standard InChI is InChI=1S/C10H7Cl2N3O2/c11-4-9-10(5-12)14-8-3-6(15(16)17)1-2-7(8)13-9/h1-3H,4-5H2. The molecule has 0 N–H and O–H groups in total. The monoisotopic (exact) mass is 271 g/mol. The van der Waals surface area contributed by atoms with Crippen molar-refractivity contribution in [2.24, 2.45) is 0 Å². The molecule has 1 aromatic carbocycles. The first-order chi connectivity index (χ1) is 8.15. The number of non-ortho nitro benzene ring substituents is 1. The van der Waals surface area contributed by atoms with Gasteiger partial charge in [0.2, 0.25) is 0 Å². The van der Waals surface area contributed by atoms with E-state index in [2.05, 4.69) is 9.97 Å². The predicted octanol–water partition coefficient (Wildman–Crippen LogP) is 3.02. The van der Waals surface area contributed by atoms with E-state index in [0.29, 0.717) is 22.4 Å². The van der Waals surface area contributed by atoms with Gasteiger partial charge in [-0.3, -0.25) is 10.1 Å². The molecule has 1 heterocycles. The van der Waals surface area contributed by atoms with Crippen LogP contribution in [0.3, 0.4) is 0 Å². The highest BCUT2D eigenvalue weighted by molar-refractivity contribution is 6.18. The number of halogens is 2. The fourth-order valence-electron chi connectivity index (χ4n) is 1.44. The number of benzene rings is 1. The van der Waals surface area contributed by atoms with Crippen molar-refractivity contribution in [3.63, 3.8) is 0 Å². The summed E-state index contributed by atoms with van der Waals surface area (Å²) in [7, 11) is 0. The molecule has 17 heavy (non-hydrogen) atoms. The zero-order valence-electron chi connectivity index (χ0n) is 8.56. The van der Waals surface area contributed by atoms with E-state index in [-0.39, 0.29) is 17.4 Å². The smallest absolute Gasteiger partial charge is 0.258 e. The largest absolute Gasteiger partial charge is 0.271 e. The molecule has 0 spiro atoms. The molecule has 0 aliphatic carbocycles. The second kappa shape index (κ2) is 4.81. The molecule has 0 atom stereocenters. The van der Waals surface area contributed by atoms with Gasteiger partial charge in [0, 0.05) is 12.1 Å². The van der Waals surface area contributed by atoms with E-state index in [1.54, 1.807) is 6.07 Å². The topological polar surface area (TPSA) is 68.9 Å². The lowest BCUT2D eigenvalue weighted by Gasteiger charge is -2.04. The van der Waals surface area contributed by atoms with Crippen LogP contribution in [0.4, 0.5) is 5.69 Å². The number of nitrogens with zero attached hydrogens (tertiary/aromatic N) is 3. The van der Waals surface area contributed by atoms with E-state index in [4.69, 9.17) is 23.2 Å². The first-order valence-corrected chi connectivity index (χ1v) is 5.78. The fourth-order valence-corrected chi connectivity index (χ4v) is 1.87. The summed E-state index contributed by atoms with van der Waals surface area (Å²) in [6.45, 7) is 0. The summed E-state index contributed by atoms with van der Waals surface area (Å²) in [5, 5.41) is 10.6. The Morgan fingerprint density at radius 3 is 2.24 bits per heavy atom. The molecule has 0 aliphatic rings. The number of alkyl halides is 2. The molecule has 0 fully saturated rings. The number of hydrogen-bond donors (Lipinski definition) is 0. The molecule has 1 aromatic heterocycles. The van der Waals surface area contributed by atoms with Crippen LogP contribution >= 0.6 is 23.2 Å². The molecule has 2 rings (SSSR count). The first kappa shape index (κ1) is 12.0. The van der Waals surface area contributed by atoms with E-state index >= 15 is 0 Å². The summed E-state index contributed by atoms with van der Waals surface area (Å²) in [6.07, 6.45) is 0. The van der Waals surface area contributed by atoms with Crippen LogP contribution in [0, 0.1) is 10.1 Å². The normalized spacial score (nSPS) is 10.7. The van der Waals surface area contributed by atoms with Crippen LogP contribution in [-0.4, -0.2) is 14.9 Å². The number of aromatic nitrogens is 2. The molecular formula is C10H7Cl2N3O2. The molecule has 0 unspecified atom stereocenters. The minimum Gasteiger partial charge on any atom is -0.258 e. The predicted molar refractivity (Wildman–Crippen MR) is 65.3 cm³/mol. The minimum atomic E-state index is -0.475. The summed E-state index contributed by atoms with van der Waals surface area (Å²) in [4.78, 5) is 18.6. The Labute approximate surface area is 107 Å². The van der Waals surface area contributed by atoms with Gasteiger partial charge in [0.1, 0.15) is 0 Å². The van der Waals surface area contributed by atoms with Crippen LogP contribution in [-0.2, 0) is 11.8 Å². The van der Waals surface area contributed by atoms with E-state index in [1.165, 1.54) is 12.1 Å². The van der Waals surface area contributed by atoms with Gasteiger partial charge in [0.25, 0.3) is 5.69 Å². The maximum Gasteiger partial charge on any atom is 0.271 e. The third-order valence-corrected chi connectivity index (χ3v) is 2.77. The molecule has 0 saturated heterocycles. The van der Waals surface area contributed by atoms with Crippen LogP contribution in [0.5, 0.6) is 0 Å². The molecule has 0 radical (unpaired) electrons. The molecule has 0 aliphatic heterocycles. The Balaban J connectivity index is 2.66. The van der Waals surface area contributed by atoms with Crippen LogP contribution < -0.4 is 0 Å². The van der Waals surface area contributed by atoms with Gasteiger partial charge in [-0.25, -0.2) is 9.97 Å². The lowest BCUT2D eigenvalue weighted by Crippen LogP contribution is -1.99. The van der Waals surface area contributed by atoms with Gasteiger partial charge < -0.3 is 0 Å². The fraction of sp³-hybridized carbons (Fsp3) is 0.200. The van der Waals surface area contributed by atoms with Crippen molar-refractivity contribution < 1.29 is 4.92 Å². The number of hydrogen-bond acceptors (Lipinski definition) is 4. The average Bonchev–Trinajstić information content (AvgIpc) is 2.36. The van der Waals surface area contributed by atoms with E-state index in [0.717, 1.165) is 0 Å². The third kappa shape index (κ3) is 2.30. The van der Waals surface area contributed by atoms with Crippen molar-refractivity contribution in [2.75, 3.05) is 0 Å². The van der Waals surface area contributed by atoms with Crippen molar-refractivity contribution in [1.29, 1.82) is 0 Å². The van der Waals surface area contributed by atoms with E-state index < -0.39 is 4.92 Å². The summed E-state index contributed by atoms with van der Waals surface area (Å²) in [6, 6.07) is 4.31. The maximum absolute atomic E-state index is 10.6. The zero-order chi connectivity index (χ0) is 12.4. The van der Waals surface area contributed by atoms with Gasteiger partial charge >= 0.3 is 0 Å². The number of fused-ring (bicyclic) bond motifs is 1. The SMILES string of the molecule is O=[N+]([O-])c1ccc2nc(CCl)c(CCl)nc2c1. The van der Waals surface area contributed by atoms with Crippen molar-refractivity contribution in [3.8, 4) is 0 Å². The van der Waals surface area contributed by atoms with Crippen LogP contribution in [0.1, 0.15) is 11.4 Å². The summed E-state index contributed by atoms with van der Waals surface area (Å²) >= 11 is 11.4. The van der Waals surface area contributed by atoms with E-state index in [9.17, 15) is 10.1 Å². The first-order valence-electron chi connectivity index (χ1n) is 4.71. The second-order valence-corrected chi connectivity index (χ2v) is 3.85. The molecule has 0 saturated carbocycles. The molecule has 5 nitrogen and oxygen atoms in total. The highest BCUT2D eigenvalue weighted by atomic mass is 35.5. The highest BCUT2D eigenvalue weighted by Crippen LogP contribution is 2.20. The number of nitro groups is 1. The van der Waals surface area contributed by atoms with Gasteiger partial charge in [0.15, 0.2) is 0 Å². The quantitative estimate of drug-likeness (QED) is 0.489. The molecule has 0 amide bonds. The van der Waals surface area contributed by atoms with Crippen molar-refractivity contribution in [2.45, 2.75) is 11.8 Å². The average molecular weight is 272 g/mol. The Hall–Kier alpha value is -1.46. The highest BCUT2D eigenvalue weighted by Gasteiger charge is 2.11. The van der Waals surface area contributed by atoms with Gasteiger partial charge in [-0.15, -0.1) is 23.2 Å². The minimum absolute atomic E-state index is 0.0223. The zero-order valence-corrected chi connectivity index (χ0v) is 10.1. The van der Waals surface area contributed by atoms with Crippen molar-refractivity contribution in [3.05, 3.63) is 39.7 Å². The second-order valence-electron chi connectivity index (χ2n) is 3.31.